The molecule has 1 saturated carbocycles. The van der Waals surface area contributed by atoms with Gasteiger partial charge in [-0.15, -0.1) is 0 Å². The van der Waals surface area contributed by atoms with Crippen molar-refractivity contribution in [2.75, 3.05) is 11.9 Å². The van der Waals surface area contributed by atoms with E-state index < -0.39 is 17.9 Å². The van der Waals surface area contributed by atoms with Gasteiger partial charge in [-0.2, -0.15) is 0 Å². The van der Waals surface area contributed by atoms with Gasteiger partial charge in [0.25, 0.3) is 5.91 Å². The van der Waals surface area contributed by atoms with Crippen molar-refractivity contribution in [3.8, 4) is 11.1 Å². The minimum atomic E-state index is -2.65. The number of nitrogens with one attached hydrogen (secondary N) is 3. The lowest BCUT2D eigenvalue weighted by atomic mass is 9.92. The van der Waals surface area contributed by atoms with E-state index in [1.165, 1.54) is 11.0 Å². The topological polar surface area (TPSA) is 156 Å². The molecule has 7 rings (SSSR count). The van der Waals surface area contributed by atoms with E-state index in [1.807, 2.05) is 54.7 Å². The van der Waals surface area contributed by atoms with Gasteiger partial charge in [-0.05, 0) is 79.1 Å². The quantitative estimate of drug-likeness (QED) is 0.0387. The predicted molar refractivity (Wildman–Crippen MR) is 231 cm³/mol. The zero-order valence-electron chi connectivity index (χ0n) is 33.4. The summed E-state index contributed by atoms with van der Waals surface area (Å²) in [7, 11) is 0. The Bertz CT molecular complexity index is 2350. The van der Waals surface area contributed by atoms with Crippen molar-refractivity contribution >= 4 is 69.4 Å². The van der Waals surface area contributed by atoms with Gasteiger partial charge in [0.05, 0.1) is 5.52 Å². The van der Waals surface area contributed by atoms with Crippen molar-refractivity contribution < 1.29 is 32.8 Å². The second-order valence-electron chi connectivity index (χ2n) is 16.0. The first-order valence-corrected chi connectivity index (χ1v) is 21.2. The van der Waals surface area contributed by atoms with Crippen molar-refractivity contribution in [2.24, 2.45) is 5.73 Å². The third-order valence-corrected chi connectivity index (χ3v) is 12.1. The zero-order chi connectivity index (χ0) is 42.4. The molecule has 11 nitrogen and oxygen atoms in total. The van der Waals surface area contributed by atoms with Gasteiger partial charge in [0, 0.05) is 84.9 Å². The molecule has 5 amide bonds. The molecule has 4 aromatic rings. The number of carbonyl (C=O) groups is 5. The van der Waals surface area contributed by atoms with Gasteiger partial charge < -0.3 is 25.8 Å². The monoisotopic (exact) mass is 836 g/mol. The summed E-state index contributed by atoms with van der Waals surface area (Å²) in [5, 5.41) is 9.22. The van der Waals surface area contributed by atoms with Gasteiger partial charge in [0.1, 0.15) is 11.0 Å². The van der Waals surface area contributed by atoms with E-state index in [0.717, 1.165) is 77.2 Å². The summed E-state index contributed by atoms with van der Waals surface area (Å²) in [5.41, 5.74) is 12.0. The summed E-state index contributed by atoms with van der Waals surface area (Å²) in [6, 6.07) is 18.0. The number of fused-ring (bicyclic) bond motifs is 2. The number of carbonyl (C=O) groups excluding carboxylic acids is 5. The van der Waals surface area contributed by atoms with Crippen LogP contribution in [0.15, 0.2) is 72.9 Å². The van der Waals surface area contributed by atoms with Crippen LogP contribution in [0.25, 0.3) is 28.1 Å². The number of imide groups is 1. The van der Waals surface area contributed by atoms with Crippen LogP contribution in [0.4, 0.5) is 14.5 Å². The number of benzene rings is 3. The Morgan fingerprint density at radius 1 is 0.917 bits per heavy atom. The number of alkyl halides is 2. The van der Waals surface area contributed by atoms with E-state index in [1.54, 1.807) is 18.2 Å². The molecule has 0 radical (unpaired) electrons. The van der Waals surface area contributed by atoms with Crippen molar-refractivity contribution in [3.63, 3.8) is 0 Å². The number of unbranched alkanes of at least 4 members (excludes halogenated alkanes) is 5. The molecule has 1 aromatic heterocycles. The van der Waals surface area contributed by atoms with Crippen LogP contribution >= 0.6 is 12.2 Å². The SMILES string of the molecule is NC(=S)c1cccc(-c2cn(C3CCC(F)(F)CC3)c3cc(NC(=O)CCCCCCCCNC(=O)/C=C/c4cccc5c4CN(C4CCC(=O)NC4=O)C5=O)ccc23)c1. The Morgan fingerprint density at radius 3 is 2.43 bits per heavy atom. The van der Waals surface area contributed by atoms with Gasteiger partial charge in [0.15, 0.2) is 0 Å². The molecule has 1 atom stereocenters. The lowest BCUT2D eigenvalue weighted by molar-refractivity contribution is -0.137. The summed E-state index contributed by atoms with van der Waals surface area (Å²) < 4.78 is 30.3. The van der Waals surface area contributed by atoms with Crippen molar-refractivity contribution in [3.05, 3.63) is 95.2 Å². The number of thiocarbonyl (C=S) groups is 1. The second kappa shape index (κ2) is 18.7. The van der Waals surface area contributed by atoms with Crippen LogP contribution in [0, 0.1) is 0 Å². The molecule has 14 heteroatoms. The second-order valence-corrected chi connectivity index (χ2v) is 16.5. The average Bonchev–Trinajstić information content (AvgIpc) is 3.77. The van der Waals surface area contributed by atoms with Crippen LogP contribution in [-0.2, 0) is 25.7 Å². The minimum absolute atomic E-state index is 0.0800. The molecule has 3 heterocycles. The Hall–Kier alpha value is -5.76. The number of anilines is 1. The number of aromatic nitrogens is 1. The van der Waals surface area contributed by atoms with Crippen LogP contribution in [0.2, 0.25) is 0 Å². The fourth-order valence-electron chi connectivity index (χ4n) is 8.55. The molecule has 3 aromatic carbocycles. The normalized spacial score (nSPS) is 17.9. The molecular formula is C46H50F2N6O5S. The van der Waals surface area contributed by atoms with Crippen LogP contribution in [0.5, 0.6) is 0 Å². The van der Waals surface area contributed by atoms with E-state index in [2.05, 4.69) is 20.5 Å². The summed E-state index contributed by atoms with van der Waals surface area (Å²) in [5.74, 6) is -4.02. The Morgan fingerprint density at radius 2 is 1.67 bits per heavy atom. The number of amides is 5. The molecule has 2 fully saturated rings. The van der Waals surface area contributed by atoms with Gasteiger partial charge in [0.2, 0.25) is 29.6 Å². The highest BCUT2D eigenvalue weighted by molar-refractivity contribution is 7.80. The van der Waals surface area contributed by atoms with Crippen LogP contribution in [-0.4, -0.2) is 62.5 Å². The number of halogens is 2. The number of nitrogens with two attached hydrogens (primary N) is 1. The van der Waals surface area contributed by atoms with Gasteiger partial charge in [-0.1, -0.05) is 74.3 Å². The summed E-state index contributed by atoms with van der Waals surface area (Å²) >= 11 is 5.21. The number of hydrogen-bond donors (Lipinski definition) is 4. The first kappa shape index (κ1) is 42.4. The van der Waals surface area contributed by atoms with Gasteiger partial charge in [-0.25, -0.2) is 8.78 Å². The maximum absolute atomic E-state index is 14.1. The first-order chi connectivity index (χ1) is 28.9. The van der Waals surface area contributed by atoms with Crippen molar-refractivity contribution in [1.29, 1.82) is 0 Å². The highest BCUT2D eigenvalue weighted by atomic mass is 32.1. The molecule has 60 heavy (non-hydrogen) atoms. The fourth-order valence-corrected chi connectivity index (χ4v) is 8.67. The third-order valence-electron chi connectivity index (χ3n) is 11.8. The third kappa shape index (κ3) is 9.98. The number of nitrogens with zero attached hydrogens (tertiary/aromatic N) is 2. The van der Waals surface area contributed by atoms with E-state index >= 15 is 0 Å². The van der Waals surface area contributed by atoms with E-state index in [-0.39, 0.29) is 61.9 Å². The standard InChI is InChI=1S/C46H50F2N6O5S/c47-46(48)22-20-33(21-23-46)53-27-37(30-10-7-11-31(25-30)43(49)60)34-16-15-32(26-39(34)53)51-41(56)13-5-3-1-2-4-6-24-50-40(55)18-14-29-9-8-12-35-36(29)28-54(45(35)59)38-17-19-42(57)52-44(38)58/h7-12,14-16,18,25-27,33,38H,1-6,13,17,19-24,28H2,(H2,49,60)(H,50,55)(H,51,56)(H,52,57,58)/b18-14+. The summed E-state index contributed by atoms with van der Waals surface area (Å²) in [6.45, 7) is 0.759. The van der Waals surface area contributed by atoms with Crippen LogP contribution in [0.1, 0.15) is 117 Å². The average molecular weight is 837 g/mol. The lowest BCUT2D eigenvalue weighted by Gasteiger charge is -2.29. The summed E-state index contributed by atoms with van der Waals surface area (Å²) in [6.07, 6.45) is 11.8. The Kier molecular flexibility index (Phi) is 13.2. The fraction of sp³-hybridized carbons (Fsp3) is 0.391. The van der Waals surface area contributed by atoms with Gasteiger partial charge in [-0.3, -0.25) is 29.3 Å². The van der Waals surface area contributed by atoms with Crippen LogP contribution < -0.4 is 21.7 Å². The maximum atomic E-state index is 14.1. The van der Waals surface area contributed by atoms with E-state index in [9.17, 15) is 32.8 Å². The minimum Gasteiger partial charge on any atom is -0.389 e. The van der Waals surface area contributed by atoms with E-state index in [0.29, 0.717) is 42.0 Å². The Labute approximate surface area is 353 Å². The van der Waals surface area contributed by atoms with Crippen LogP contribution in [0.3, 0.4) is 0 Å². The van der Waals surface area contributed by atoms with Gasteiger partial charge >= 0.3 is 0 Å². The summed E-state index contributed by atoms with van der Waals surface area (Å²) in [4.78, 5) is 64.4. The molecule has 5 N–H and O–H groups in total. The highest BCUT2D eigenvalue weighted by Crippen LogP contribution is 2.42. The maximum Gasteiger partial charge on any atom is 0.255 e. The number of hydrogen-bond acceptors (Lipinski definition) is 6. The molecule has 0 spiro atoms. The molecule has 3 aliphatic rings. The number of piperidine rings is 1. The highest BCUT2D eigenvalue weighted by Gasteiger charge is 2.40. The Balaban J connectivity index is 0.832. The molecular weight excluding hydrogens is 787 g/mol. The first-order valence-electron chi connectivity index (χ1n) is 20.8. The molecule has 1 aliphatic carbocycles. The molecule has 1 saturated heterocycles. The van der Waals surface area contributed by atoms with E-state index in [4.69, 9.17) is 18.0 Å². The van der Waals surface area contributed by atoms with Crippen molar-refractivity contribution in [1.82, 2.24) is 20.1 Å². The molecule has 2 aliphatic heterocycles. The largest absolute Gasteiger partial charge is 0.389 e. The number of rotatable bonds is 16. The zero-order valence-corrected chi connectivity index (χ0v) is 34.3. The van der Waals surface area contributed by atoms with Crippen molar-refractivity contribution in [2.45, 2.75) is 108 Å². The lowest BCUT2D eigenvalue weighted by Crippen LogP contribution is -2.52. The molecule has 1 unspecified atom stereocenters. The molecule has 0 bridgehead atoms. The predicted octanol–water partition coefficient (Wildman–Crippen LogP) is 7.95. The smallest absolute Gasteiger partial charge is 0.255 e. The molecule has 314 valence electrons.